The first-order valence-corrected chi connectivity index (χ1v) is 8.57. The fraction of sp³-hybridized carbons (Fsp3) is 0.0526. The van der Waals surface area contributed by atoms with Crippen molar-refractivity contribution in [3.05, 3.63) is 81.9 Å². The Morgan fingerprint density at radius 1 is 1.15 bits per heavy atom. The zero-order chi connectivity index (χ0) is 19.2. The first-order chi connectivity index (χ1) is 13.1. The molecule has 0 saturated carbocycles. The monoisotopic (exact) mass is 400 g/mol. The summed E-state index contributed by atoms with van der Waals surface area (Å²) < 4.78 is 1.40. The zero-order valence-corrected chi connectivity index (χ0v) is 15.7. The number of rotatable bonds is 6. The molecule has 0 N–H and O–H groups in total. The second-order valence-electron chi connectivity index (χ2n) is 5.41. The predicted molar refractivity (Wildman–Crippen MR) is 106 cm³/mol. The van der Waals surface area contributed by atoms with E-state index in [-0.39, 0.29) is 10.8 Å². The summed E-state index contributed by atoms with van der Waals surface area (Å²) in [5, 5.41) is 8.51. The number of benzene rings is 2. The molecule has 0 bridgehead atoms. The molecule has 0 spiro atoms. The molecule has 27 heavy (non-hydrogen) atoms. The molecule has 0 aliphatic carbocycles. The topological polar surface area (TPSA) is 69.4 Å². The second-order valence-corrected chi connectivity index (χ2v) is 6.25. The van der Waals surface area contributed by atoms with Crippen LogP contribution in [0.15, 0.2) is 60.3 Å². The van der Waals surface area contributed by atoms with E-state index in [2.05, 4.69) is 20.1 Å². The number of carbonyl (C=O) groups excluding carboxylic acids is 1. The molecule has 0 fully saturated rings. The van der Waals surface area contributed by atoms with Crippen molar-refractivity contribution in [2.75, 3.05) is 7.11 Å². The highest BCUT2D eigenvalue weighted by molar-refractivity contribution is 6.40. The number of hydrogen-bond acceptors (Lipinski definition) is 5. The van der Waals surface area contributed by atoms with E-state index in [1.807, 2.05) is 24.3 Å². The van der Waals surface area contributed by atoms with Crippen molar-refractivity contribution in [2.45, 2.75) is 0 Å². The van der Waals surface area contributed by atoms with Crippen molar-refractivity contribution in [2.24, 2.45) is 5.16 Å². The summed E-state index contributed by atoms with van der Waals surface area (Å²) in [4.78, 5) is 21.6. The number of allylic oxidation sites excluding steroid dienone is 1. The van der Waals surface area contributed by atoms with E-state index in [0.29, 0.717) is 16.3 Å². The first kappa shape index (κ1) is 18.8. The molecule has 1 heterocycles. The molecule has 0 radical (unpaired) electrons. The van der Waals surface area contributed by atoms with Crippen molar-refractivity contribution in [3.8, 4) is 0 Å². The van der Waals surface area contributed by atoms with Crippen LogP contribution in [0, 0.1) is 0 Å². The highest BCUT2D eigenvalue weighted by Crippen LogP contribution is 2.25. The molecular weight excluding hydrogens is 387 g/mol. The molecule has 0 aliphatic rings. The Kier molecular flexibility index (Phi) is 6.01. The van der Waals surface area contributed by atoms with Crippen LogP contribution in [0.4, 0.5) is 0 Å². The highest BCUT2D eigenvalue weighted by atomic mass is 35.5. The molecule has 0 atom stereocenters. The van der Waals surface area contributed by atoms with Crippen molar-refractivity contribution in [1.82, 2.24) is 14.8 Å². The Morgan fingerprint density at radius 2 is 1.89 bits per heavy atom. The maximum absolute atomic E-state index is 13.1. The standard InChI is InChI=1S/C19H14Cl2N4O2/c1-27-24-10-14-4-2-13(3-5-14)8-18(25-12-22-11-23-25)19(26)16-7-6-15(20)9-17(16)21/h2-12H,1H3/b18-8+,24-10+. The summed E-state index contributed by atoms with van der Waals surface area (Å²) in [6.45, 7) is 0. The van der Waals surface area contributed by atoms with Gasteiger partial charge in [0.2, 0.25) is 5.78 Å². The summed E-state index contributed by atoms with van der Waals surface area (Å²) in [5.74, 6) is -0.299. The number of ketones is 1. The molecule has 0 saturated heterocycles. The van der Waals surface area contributed by atoms with Crippen LogP contribution in [0.25, 0.3) is 11.8 Å². The maximum atomic E-state index is 13.1. The average molecular weight is 401 g/mol. The van der Waals surface area contributed by atoms with Crippen molar-refractivity contribution in [3.63, 3.8) is 0 Å². The summed E-state index contributed by atoms with van der Waals surface area (Å²) in [7, 11) is 1.48. The molecule has 0 aliphatic heterocycles. The van der Waals surface area contributed by atoms with Gasteiger partial charge in [-0.15, -0.1) is 0 Å². The van der Waals surface area contributed by atoms with E-state index in [1.54, 1.807) is 24.4 Å². The molecule has 1 aromatic heterocycles. The van der Waals surface area contributed by atoms with Crippen LogP contribution >= 0.6 is 23.2 Å². The lowest BCUT2D eigenvalue weighted by molar-refractivity contribution is 0.105. The lowest BCUT2D eigenvalue weighted by Crippen LogP contribution is -2.10. The lowest BCUT2D eigenvalue weighted by Gasteiger charge is -2.09. The van der Waals surface area contributed by atoms with Crippen LogP contribution in [0.3, 0.4) is 0 Å². The van der Waals surface area contributed by atoms with Gasteiger partial charge >= 0.3 is 0 Å². The van der Waals surface area contributed by atoms with Gasteiger partial charge in [0.15, 0.2) is 0 Å². The Morgan fingerprint density at radius 3 is 2.52 bits per heavy atom. The zero-order valence-electron chi connectivity index (χ0n) is 14.2. The van der Waals surface area contributed by atoms with E-state index in [9.17, 15) is 4.79 Å². The van der Waals surface area contributed by atoms with E-state index in [4.69, 9.17) is 23.2 Å². The predicted octanol–water partition coefficient (Wildman–Crippen LogP) is 4.45. The van der Waals surface area contributed by atoms with Crippen LogP contribution in [0.5, 0.6) is 0 Å². The molecule has 6 nitrogen and oxygen atoms in total. The van der Waals surface area contributed by atoms with Gasteiger partial charge in [-0.3, -0.25) is 4.79 Å². The minimum absolute atomic E-state index is 0.268. The normalized spacial score (nSPS) is 11.7. The van der Waals surface area contributed by atoms with Crippen LogP contribution in [0.1, 0.15) is 21.5 Å². The van der Waals surface area contributed by atoms with E-state index in [1.165, 1.54) is 30.5 Å². The SMILES string of the molecule is CO/N=C/c1ccc(/C=C(\C(=O)c2ccc(Cl)cc2Cl)n2cncn2)cc1. The maximum Gasteiger partial charge on any atom is 0.212 e. The number of oxime groups is 1. The number of Topliss-reactive ketones (excluding diaryl/α,β-unsaturated/α-hetero) is 1. The second kappa shape index (κ2) is 8.62. The van der Waals surface area contributed by atoms with Gasteiger partial charge in [-0.05, 0) is 35.4 Å². The van der Waals surface area contributed by atoms with Crippen LogP contribution in [-0.2, 0) is 4.84 Å². The number of nitrogens with zero attached hydrogens (tertiary/aromatic N) is 4. The number of hydrogen-bond donors (Lipinski definition) is 0. The van der Waals surface area contributed by atoms with E-state index in [0.717, 1.165) is 11.1 Å². The number of halogens is 2. The Hall–Kier alpha value is -2.96. The van der Waals surface area contributed by atoms with Gasteiger partial charge in [-0.1, -0.05) is 52.6 Å². The number of carbonyl (C=O) groups is 1. The molecule has 0 unspecified atom stereocenters. The van der Waals surface area contributed by atoms with Gasteiger partial charge in [-0.25, -0.2) is 9.67 Å². The minimum atomic E-state index is -0.299. The molecule has 136 valence electrons. The van der Waals surface area contributed by atoms with Crippen molar-refractivity contribution in [1.29, 1.82) is 0 Å². The average Bonchev–Trinajstić information content (AvgIpc) is 3.19. The summed E-state index contributed by atoms with van der Waals surface area (Å²) in [5.41, 5.74) is 2.29. The molecule has 2 aromatic carbocycles. The van der Waals surface area contributed by atoms with Crippen molar-refractivity contribution < 1.29 is 9.63 Å². The Bertz CT molecular complexity index is 997. The van der Waals surface area contributed by atoms with Gasteiger partial charge < -0.3 is 4.84 Å². The fourth-order valence-electron chi connectivity index (χ4n) is 2.33. The van der Waals surface area contributed by atoms with Gasteiger partial charge in [0, 0.05) is 10.6 Å². The van der Waals surface area contributed by atoms with Crippen LogP contribution < -0.4 is 0 Å². The van der Waals surface area contributed by atoms with E-state index < -0.39 is 0 Å². The van der Waals surface area contributed by atoms with Gasteiger partial charge in [0.05, 0.1) is 11.2 Å². The van der Waals surface area contributed by atoms with Gasteiger partial charge in [0.25, 0.3) is 0 Å². The number of aromatic nitrogens is 3. The van der Waals surface area contributed by atoms with Crippen LogP contribution in [0.2, 0.25) is 10.0 Å². The largest absolute Gasteiger partial charge is 0.399 e. The van der Waals surface area contributed by atoms with Gasteiger partial charge in [0.1, 0.15) is 25.5 Å². The molecular formula is C19H14Cl2N4O2. The molecule has 0 amide bonds. The quantitative estimate of drug-likeness (QED) is 0.265. The molecule has 8 heteroatoms. The summed E-state index contributed by atoms with van der Waals surface area (Å²) in [6.07, 6.45) is 6.10. The van der Waals surface area contributed by atoms with Crippen LogP contribution in [-0.4, -0.2) is 33.9 Å². The summed E-state index contributed by atoms with van der Waals surface area (Å²) in [6, 6.07) is 12.1. The lowest BCUT2D eigenvalue weighted by atomic mass is 10.1. The summed E-state index contributed by atoms with van der Waals surface area (Å²) >= 11 is 12.1. The minimum Gasteiger partial charge on any atom is -0.399 e. The third-order valence-electron chi connectivity index (χ3n) is 3.62. The Balaban J connectivity index is 2.00. The molecule has 3 aromatic rings. The van der Waals surface area contributed by atoms with E-state index >= 15 is 0 Å². The molecule has 3 rings (SSSR count). The highest BCUT2D eigenvalue weighted by Gasteiger charge is 2.18. The fourth-order valence-corrected chi connectivity index (χ4v) is 2.82. The third kappa shape index (κ3) is 4.61. The smallest absolute Gasteiger partial charge is 0.212 e. The van der Waals surface area contributed by atoms with Crippen molar-refractivity contribution >= 4 is 47.0 Å². The van der Waals surface area contributed by atoms with Gasteiger partial charge in [-0.2, -0.15) is 5.10 Å². The third-order valence-corrected chi connectivity index (χ3v) is 4.17. The first-order valence-electron chi connectivity index (χ1n) is 7.81. The Labute approximate surface area is 165 Å².